The third kappa shape index (κ3) is 3.71. The number of carbonyl (C=O) groups is 1. The van der Waals surface area contributed by atoms with Crippen molar-refractivity contribution < 1.29 is 9.53 Å². The summed E-state index contributed by atoms with van der Waals surface area (Å²) in [6, 6.07) is 0. The Kier molecular flexibility index (Phi) is 5.42. The van der Waals surface area contributed by atoms with Gasteiger partial charge < -0.3 is 9.64 Å². The van der Waals surface area contributed by atoms with Gasteiger partial charge in [-0.05, 0) is 31.8 Å². The average Bonchev–Trinajstić information content (AvgIpc) is 2.11. The van der Waals surface area contributed by atoms with E-state index in [1.807, 2.05) is 25.9 Å². The molecular weight excluding hydrogens is 226 g/mol. The summed E-state index contributed by atoms with van der Waals surface area (Å²) in [7, 11) is 3.95. The van der Waals surface area contributed by atoms with Crippen LogP contribution in [0, 0.1) is 16.2 Å². The Morgan fingerprint density at radius 2 is 1.33 bits per heavy atom. The van der Waals surface area contributed by atoms with E-state index in [1.54, 1.807) is 0 Å². The molecule has 0 fully saturated rings. The lowest BCUT2D eigenvalue weighted by Gasteiger charge is -2.48. The number of carbonyl (C=O) groups excluding carboxylic acids is 1. The predicted molar refractivity (Wildman–Crippen MR) is 76.5 cm³/mol. The van der Waals surface area contributed by atoms with E-state index in [0.717, 1.165) is 6.54 Å². The van der Waals surface area contributed by atoms with Gasteiger partial charge in [0.15, 0.2) is 0 Å². The fourth-order valence-electron chi connectivity index (χ4n) is 2.20. The van der Waals surface area contributed by atoms with Gasteiger partial charge in [-0.1, -0.05) is 41.5 Å². The quantitative estimate of drug-likeness (QED) is 0.724. The maximum atomic E-state index is 12.5. The number of hydrogen-bond acceptors (Lipinski definition) is 3. The molecule has 0 aromatic heterocycles. The normalized spacial score (nSPS) is 13.9. The van der Waals surface area contributed by atoms with Crippen LogP contribution in [0.1, 0.15) is 48.5 Å². The molecule has 0 atom stereocenters. The second-order valence-electron chi connectivity index (χ2n) is 7.56. The lowest BCUT2D eigenvalue weighted by Crippen LogP contribution is -2.51. The SMILES string of the molecule is CN(C)CCOC(=O)C(C)(C(C)(C)C)C(C)(C)C. The smallest absolute Gasteiger partial charge is 0.312 e. The minimum atomic E-state index is -0.508. The van der Waals surface area contributed by atoms with Crippen molar-refractivity contribution in [3.05, 3.63) is 0 Å². The van der Waals surface area contributed by atoms with Crippen LogP contribution < -0.4 is 0 Å². The van der Waals surface area contributed by atoms with E-state index < -0.39 is 5.41 Å². The summed E-state index contributed by atoms with van der Waals surface area (Å²) in [4.78, 5) is 14.5. The number of ether oxygens (including phenoxy) is 1. The van der Waals surface area contributed by atoms with Crippen molar-refractivity contribution in [3.8, 4) is 0 Å². The van der Waals surface area contributed by atoms with E-state index >= 15 is 0 Å². The van der Waals surface area contributed by atoms with Gasteiger partial charge in [-0.15, -0.1) is 0 Å². The van der Waals surface area contributed by atoms with E-state index in [1.165, 1.54) is 0 Å². The van der Waals surface area contributed by atoms with Crippen molar-refractivity contribution in [1.82, 2.24) is 4.90 Å². The lowest BCUT2D eigenvalue weighted by atomic mass is 9.55. The van der Waals surface area contributed by atoms with Crippen LogP contribution >= 0.6 is 0 Å². The highest BCUT2D eigenvalue weighted by Gasteiger charge is 2.53. The van der Waals surface area contributed by atoms with Crippen molar-refractivity contribution >= 4 is 5.97 Å². The highest BCUT2D eigenvalue weighted by Crippen LogP contribution is 2.51. The van der Waals surface area contributed by atoms with E-state index in [0.29, 0.717) is 6.61 Å². The molecule has 0 bridgehead atoms. The van der Waals surface area contributed by atoms with Crippen molar-refractivity contribution in [1.29, 1.82) is 0 Å². The van der Waals surface area contributed by atoms with Gasteiger partial charge >= 0.3 is 5.97 Å². The number of rotatable bonds is 4. The lowest BCUT2D eigenvalue weighted by molar-refractivity contribution is -0.173. The first-order valence-electron chi connectivity index (χ1n) is 6.66. The molecular formula is C15H31NO2. The largest absolute Gasteiger partial charge is 0.464 e. The first kappa shape index (κ1) is 17.4. The van der Waals surface area contributed by atoms with Crippen molar-refractivity contribution in [3.63, 3.8) is 0 Å². The Morgan fingerprint density at radius 1 is 0.944 bits per heavy atom. The van der Waals surface area contributed by atoms with Crippen LogP contribution in [0.5, 0.6) is 0 Å². The Hall–Kier alpha value is -0.570. The molecule has 0 rings (SSSR count). The molecule has 0 spiro atoms. The van der Waals surface area contributed by atoms with Gasteiger partial charge in [-0.25, -0.2) is 0 Å². The fraction of sp³-hybridized carbons (Fsp3) is 0.933. The highest BCUT2D eigenvalue weighted by atomic mass is 16.5. The van der Waals surface area contributed by atoms with Crippen molar-refractivity contribution in [2.75, 3.05) is 27.2 Å². The van der Waals surface area contributed by atoms with E-state index in [-0.39, 0.29) is 16.8 Å². The molecule has 0 aromatic rings. The molecule has 0 N–H and O–H groups in total. The molecule has 0 saturated heterocycles. The summed E-state index contributed by atoms with van der Waals surface area (Å²) in [5.41, 5.74) is -0.785. The summed E-state index contributed by atoms with van der Waals surface area (Å²) >= 11 is 0. The second-order valence-corrected chi connectivity index (χ2v) is 7.56. The predicted octanol–water partition coefficient (Wildman–Crippen LogP) is 3.19. The molecule has 3 nitrogen and oxygen atoms in total. The van der Waals surface area contributed by atoms with Crippen LogP contribution in [-0.2, 0) is 9.53 Å². The second kappa shape index (κ2) is 5.60. The Bertz CT molecular complexity index is 268. The van der Waals surface area contributed by atoms with E-state index in [9.17, 15) is 4.79 Å². The molecule has 0 aliphatic carbocycles. The maximum Gasteiger partial charge on any atom is 0.312 e. The highest BCUT2D eigenvalue weighted by molar-refractivity contribution is 5.78. The van der Waals surface area contributed by atoms with E-state index in [4.69, 9.17) is 4.74 Å². The van der Waals surface area contributed by atoms with Gasteiger partial charge in [0.05, 0.1) is 5.41 Å². The van der Waals surface area contributed by atoms with Crippen LogP contribution in [-0.4, -0.2) is 38.1 Å². The summed E-state index contributed by atoms with van der Waals surface area (Å²) in [6.07, 6.45) is 0. The molecule has 0 heterocycles. The fourth-order valence-corrected chi connectivity index (χ4v) is 2.20. The molecule has 0 radical (unpaired) electrons. The average molecular weight is 257 g/mol. The van der Waals surface area contributed by atoms with Gasteiger partial charge in [-0.3, -0.25) is 4.79 Å². The van der Waals surface area contributed by atoms with Crippen LogP contribution in [0.4, 0.5) is 0 Å². The zero-order valence-corrected chi connectivity index (χ0v) is 13.7. The standard InChI is InChI=1S/C15H31NO2/c1-13(2,3)15(7,14(4,5)6)12(17)18-11-10-16(8)9/h10-11H2,1-9H3. The number of likely N-dealkylation sites (N-methyl/N-ethyl adjacent to an activating group) is 1. The summed E-state index contributed by atoms with van der Waals surface area (Å²) < 4.78 is 5.49. The van der Waals surface area contributed by atoms with Crippen molar-refractivity contribution in [2.45, 2.75) is 48.5 Å². The first-order valence-corrected chi connectivity index (χ1v) is 6.66. The summed E-state index contributed by atoms with van der Waals surface area (Å²) in [5, 5.41) is 0. The van der Waals surface area contributed by atoms with E-state index in [2.05, 4.69) is 41.5 Å². The molecule has 0 aromatic carbocycles. The molecule has 0 aliphatic heterocycles. The van der Waals surface area contributed by atoms with Crippen LogP contribution in [0.15, 0.2) is 0 Å². The zero-order chi connectivity index (χ0) is 14.8. The molecule has 0 unspecified atom stereocenters. The van der Waals surface area contributed by atoms with Crippen LogP contribution in [0.2, 0.25) is 0 Å². The molecule has 108 valence electrons. The third-order valence-corrected chi connectivity index (χ3v) is 4.18. The van der Waals surface area contributed by atoms with Crippen molar-refractivity contribution in [2.24, 2.45) is 16.2 Å². The van der Waals surface area contributed by atoms with Gasteiger partial charge in [0.1, 0.15) is 6.61 Å². The zero-order valence-electron chi connectivity index (χ0n) is 13.7. The summed E-state index contributed by atoms with van der Waals surface area (Å²) in [6.45, 7) is 15.8. The molecule has 0 amide bonds. The monoisotopic (exact) mass is 257 g/mol. The maximum absolute atomic E-state index is 12.5. The van der Waals surface area contributed by atoms with Gasteiger partial charge in [-0.2, -0.15) is 0 Å². The Labute approximate surface area is 113 Å². The minimum Gasteiger partial charge on any atom is -0.464 e. The minimum absolute atomic E-state index is 0.0932. The Morgan fingerprint density at radius 3 is 1.61 bits per heavy atom. The van der Waals surface area contributed by atoms with Gasteiger partial charge in [0, 0.05) is 6.54 Å². The van der Waals surface area contributed by atoms with Gasteiger partial charge in [0.25, 0.3) is 0 Å². The Balaban J connectivity index is 4.97. The first-order chi connectivity index (χ1) is 7.84. The third-order valence-electron chi connectivity index (χ3n) is 4.18. The van der Waals surface area contributed by atoms with Crippen LogP contribution in [0.3, 0.4) is 0 Å². The molecule has 0 saturated carbocycles. The molecule has 18 heavy (non-hydrogen) atoms. The molecule has 3 heteroatoms. The number of hydrogen-bond donors (Lipinski definition) is 0. The summed E-state index contributed by atoms with van der Waals surface area (Å²) in [5.74, 6) is -0.0932. The topological polar surface area (TPSA) is 29.5 Å². The number of nitrogens with zero attached hydrogens (tertiary/aromatic N) is 1. The van der Waals surface area contributed by atoms with Crippen LogP contribution in [0.25, 0.3) is 0 Å². The number of esters is 1. The molecule has 0 aliphatic rings. The van der Waals surface area contributed by atoms with Gasteiger partial charge in [0.2, 0.25) is 0 Å².